The Morgan fingerprint density at radius 2 is 1.92 bits per heavy atom. The normalized spacial score (nSPS) is 17.1. The number of hydrogen-bond acceptors (Lipinski definition) is 5. The van der Waals surface area contributed by atoms with Gasteiger partial charge in [-0.3, -0.25) is 25.2 Å². The summed E-state index contributed by atoms with van der Waals surface area (Å²) < 4.78 is 0. The number of benzodiazepines with no additional fused rings is 1. The number of nitrogens with one attached hydrogen (secondary N) is 1. The molecule has 0 aromatic heterocycles. The molecule has 3 rings (SSSR count). The summed E-state index contributed by atoms with van der Waals surface area (Å²) in [5.74, 6) is -0.224. The van der Waals surface area contributed by atoms with Crippen LogP contribution in [0.4, 0.5) is 11.4 Å². The smallest absolute Gasteiger partial charge is 0.270 e. The Bertz CT molecular complexity index is 833. The first-order valence-electron chi connectivity index (χ1n) is 7.40. The fraction of sp³-hybridized carbons (Fsp3) is 0.176. The molecule has 2 aromatic rings. The molecule has 1 N–H and O–H groups in total. The quantitative estimate of drug-likeness (QED) is 0.690. The molecule has 1 heterocycles. The lowest BCUT2D eigenvalue weighted by atomic mass is 9.99. The van der Waals surface area contributed by atoms with Crippen LogP contribution in [0, 0.1) is 10.1 Å². The van der Waals surface area contributed by atoms with Crippen LogP contribution in [0.2, 0.25) is 0 Å². The molecule has 0 saturated heterocycles. The topological polar surface area (TPSA) is 87.8 Å². The molecule has 122 valence electrons. The van der Waals surface area contributed by atoms with Gasteiger partial charge in [-0.05, 0) is 13.1 Å². The van der Waals surface area contributed by atoms with E-state index in [0.29, 0.717) is 17.0 Å². The predicted molar refractivity (Wildman–Crippen MR) is 91.4 cm³/mol. The number of nitro groups is 1. The first-order valence-corrected chi connectivity index (χ1v) is 7.40. The second-order valence-corrected chi connectivity index (χ2v) is 5.39. The Kier molecular flexibility index (Phi) is 4.09. The van der Waals surface area contributed by atoms with Crippen LogP contribution in [0.25, 0.3) is 0 Å². The highest BCUT2D eigenvalue weighted by molar-refractivity contribution is 6.20. The summed E-state index contributed by atoms with van der Waals surface area (Å²) in [6.07, 6.45) is -0.753. The lowest BCUT2D eigenvalue weighted by Gasteiger charge is -2.19. The molecule has 1 aliphatic heterocycles. The number of aliphatic imine (C=N–C) groups is 1. The Labute approximate surface area is 138 Å². The molecule has 0 radical (unpaired) electrons. The summed E-state index contributed by atoms with van der Waals surface area (Å²) in [6, 6.07) is 13.8. The number of fused-ring (bicyclic) bond motifs is 1. The molecular weight excluding hydrogens is 308 g/mol. The lowest BCUT2D eigenvalue weighted by molar-refractivity contribution is -0.384. The maximum atomic E-state index is 12.6. The summed E-state index contributed by atoms with van der Waals surface area (Å²) in [6.45, 7) is 0. The number of hydrogen-bond donors (Lipinski definition) is 1. The zero-order chi connectivity index (χ0) is 17.3. The van der Waals surface area contributed by atoms with Crippen molar-refractivity contribution in [2.45, 2.75) is 6.17 Å². The number of carbonyl (C=O) groups is 1. The second kappa shape index (κ2) is 6.21. The molecule has 24 heavy (non-hydrogen) atoms. The molecule has 0 bridgehead atoms. The molecule has 2 aromatic carbocycles. The van der Waals surface area contributed by atoms with Gasteiger partial charge in [-0.25, -0.2) is 0 Å². The highest BCUT2D eigenvalue weighted by Gasteiger charge is 2.30. The van der Waals surface area contributed by atoms with E-state index in [4.69, 9.17) is 0 Å². The van der Waals surface area contributed by atoms with Crippen LogP contribution < -0.4 is 10.2 Å². The average Bonchev–Trinajstić information content (AvgIpc) is 2.71. The van der Waals surface area contributed by atoms with Gasteiger partial charge in [0, 0.05) is 30.3 Å². The number of rotatable bonds is 3. The third kappa shape index (κ3) is 2.65. The standard InChI is InChI=1S/C17H16N4O3/c1-18-16-17(22)20(2)14-9-8-12(21(23)24)10-13(14)15(19-16)11-6-4-3-5-7-11/h3-10,16,18H,1-2H3. The van der Waals surface area contributed by atoms with E-state index in [-0.39, 0.29) is 11.6 Å². The third-order valence-corrected chi connectivity index (χ3v) is 3.95. The lowest BCUT2D eigenvalue weighted by Crippen LogP contribution is -2.41. The van der Waals surface area contributed by atoms with Crippen molar-refractivity contribution in [3.8, 4) is 0 Å². The van der Waals surface area contributed by atoms with E-state index in [2.05, 4.69) is 10.3 Å². The molecule has 1 amide bonds. The molecule has 1 atom stereocenters. The van der Waals surface area contributed by atoms with Crippen LogP contribution in [0.1, 0.15) is 11.1 Å². The van der Waals surface area contributed by atoms with E-state index >= 15 is 0 Å². The fourth-order valence-electron chi connectivity index (χ4n) is 2.69. The van der Waals surface area contributed by atoms with Gasteiger partial charge in [-0.2, -0.15) is 0 Å². The molecular formula is C17H16N4O3. The van der Waals surface area contributed by atoms with Gasteiger partial charge in [0.15, 0.2) is 6.17 Å². The SMILES string of the molecule is CNC1N=C(c2ccccc2)c2cc([N+](=O)[O-])ccc2N(C)C1=O. The number of nitro benzene ring substituents is 1. The summed E-state index contributed by atoms with van der Waals surface area (Å²) in [4.78, 5) is 29.3. The maximum absolute atomic E-state index is 12.6. The molecule has 1 aliphatic rings. The molecule has 7 heteroatoms. The van der Waals surface area contributed by atoms with Gasteiger partial charge in [0.1, 0.15) is 0 Å². The first-order chi connectivity index (χ1) is 11.5. The number of anilines is 1. The average molecular weight is 324 g/mol. The zero-order valence-electron chi connectivity index (χ0n) is 13.3. The van der Waals surface area contributed by atoms with Crippen LogP contribution >= 0.6 is 0 Å². The molecule has 0 saturated carbocycles. The maximum Gasteiger partial charge on any atom is 0.270 e. The highest BCUT2D eigenvalue weighted by atomic mass is 16.6. The van der Waals surface area contributed by atoms with Crippen LogP contribution in [0.15, 0.2) is 53.5 Å². The van der Waals surface area contributed by atoms with E-state index in [0.717, 1.165) is 5.56 Å². The van der Waals surface area contributed by atoms with Crippen LogP contribution in [0.3, 0.4) is 0 Å². The fourth-order valence-corrected chi connectivity index (χ4v) is 2.69. The second-order valence-electron chi connectivity index (χ2n) is 5.39. The van der Waals surface area contributed by atoms with E-state index in [1.54, 1.807) is 20.2 Å². The van der Waals surface area contributed by atoms with E-state index in [9.17, 15) is 14.9 Å². The Morgan fingerprint density at radius 1 is 1.21 bits per heavy atom. The largest absolute Gasteiger partial charge is 0.312 e. The highest BCUT2D eigenvalue weighted by Crippen LogP contribution is 2.30. The van der Waals surface area contributed by atoms with Gasteiger partial charge < -0.3 is 4.90 Å². The van der Waals surface area contributed by atoms with Gasteiger partial charge in [0.25, 0.3) is 11.6 Å². The zero-order valence-corrected chi connectivity index (χ0v) is 13.3. The van der Waals surface area contributed by atoms with E-state index < -0.39 is 11.1 Å². The van der Waals surface area contributed by atoms with Crippen molar-refractivity contribution < 1.29 is 9.72 Å². The summed E-state index contributed by atoms with van der Waals surface area (Å²) in [5.41, 5.74) is 2.45. The van der Waals surface area contributed by atoms with Crippen molar-refractivity contribution in [1.82, 2.24) is 5.32 Å². The third-order valence-electron chi connectivity index (χ3n) is 3.95. The van der Waals surface area contributed by atoms with Crippen molar-refractivity contribution >= 4 is 23.0 Å². The van der Waals surface area contributed by atoms with Crippen LogP contribution in [-0.4, -0.2) is 36.8 Å². The summed E-state index contributed by atoms with van der Waals surface area (Å²) >= 11 is 0. The Balaban J connectivity index is 2.28. The van der Waals surface area contributed by atoms with Gasteiger partial charge in [-0.15, -0.1) is 0 Å². The monoisotopic (exact) mass is 324 g/mol. The minimum absolute atomic E-state index is 0.0406. The minimum Gasteiger partial charge on any atom is -0.312 e. The van der Waals surface area contributed by atoms with Crippen molar-refractivity contribution in [1.29, 1.82) is 0 Å². The number of non-ortho nitro benzene ring substituents is 1. The molecule has 0 aliphatic carbocycles. The number of likely N-dealkylation sites (N-methyl/N-ethyl adjacent to an activating group) is 2. The van der Waals surface area contributed by atoms with Crippen LogP contribution in [-0.2, 0) is 4.79 Å². The number of amides is 1. The van der Waals surface area contributed by atoms with Gasteiger partial charge >= 0.3 is 0 Å². The van der Waals surface area contributed by atoms with Crippen LogP contribution in [0.5, 0.6) is 0 Å². The molecule has 7 nitrogen and oxygen atoms in total. The van der Waals surface area contributed by atoms with Gasteiger partial charge in [0.2, 0.25) is 0 Å². The van der Waals surface area contributed by atoms with Crippen molar-refractivity contribution in [3.63, 3.8) is 0 Å². The van der Waals surface area contributed by atoms with Crippen molar-refractivity contribution in [2.24, 2.45) is 4.99 Å². The predicted octanol–water partition coefficient (Wildman–Crippen LogP) is 1.95. The number of benzene rings is 2. The molecule has 0 fully saturated rings. The number of nitrogens with zero attached hydrogens (tertiary/aromatic N) is 3. The Hall–Kier alpha value is -3.06. The number of carbonyl (C=O) groups excluding carboxylic acids is 1. The first kappa shape index (κ1) is 15.8. The van der Waals surface area contributed by atoms with Gasteiger partial charge in [-0.1, -0.05) is 30.3 Å². The molecule has 1 unspecified atom stereocenters. The van der Waals surface area contributed by atoms with Crippen molar-refractivity contribution in [2.75, 3.05) is 19.0 Å². The van der Waals surface area contributed by atoms with E-state index in [1.165, 1.54) is 17.0 Å². The van der Waals surface area contributed by atoms with Gasteiger partial charge in [0.05, 0.1) is 16.3 Å². The molecule has 0 spiro atoms. The minimum atomic E-state index is -0.753. The van der Waals surface area contributed by atoms with Crippen molar-refractivity contribution in [3.05, 3.63) is 69.8 Å². The van der Waals surface area contributed by atoms with E-state index in [1.807, 2.05) is 30.3 Å². The summed E-state index contributed by atoms with van der Waals surface area (Å²) in [7, 11) is 3.29. The summed E-state index contributed by atoms with van der Waals surface area (Å²) in [5, 5.41) is 14.0. The Morgan fingerprint density at radius 3 is 2.54 bits per heavy atom.